The van der Waals surface area contributed by atoms with Crippen LogP contribution in [0.2, 0.25) is 0 Å². The van der Waals surface area contributed by atoms with Crippen LogP contribution >= 0.6 is 11.3 Å². The maximum atomic E-state index is 9.28. The number of piperidine rings is 1. The number of aromatic amines is 1. The smallest absolute Gasteiger partial charge is 0.226 e. The third-order valence-corrected chi connectivity index (χ3v) is 6.95. The van der Waals surface area contributed by atoms with Gasteiger partial charge in [0, 0.05) is 43.5 Å². The summed E-state index contributed by atoms with van der Waals surface area (Å²) in [7, 11) is 0. The highest BCUT2D eigenvalue weighted by molar-refractivity contribution is 7.15. The Morgan fingerprint density at radius 3 is 2.87 bits per heavy atom. The van der Waals surface area contributed by atoms with Crippen LogP contribution in [0.3, 0.4) is 0 Å². The maximum Gasteiger partial charge on any atom is 0.226 e. The molecule has 2 aliphatic rings. The van der Waals surface area contributed by atoms with E-state index in [1.165, 1.54) is 24.2 Å². The van der Waals surface area contributed by atoms with E-state index in [-0.39, 0.29) is 6.61 Å². The van der Waals surface area contributed by atoms with Crippen molar-refractivity contribution in [3.8, 4) is 6.07 Å². The van der Waals surface area contributed by atoms with Crippen LogP contribution in [0.1, 0.15) is 37.0 Å². The Bertz CT molecular complexity index is 1060. The van der Waals surface area contributed by atoms with Gasteiger partial charge in [-0.1, -0.05) is 11.3 Å². The molecule has 3 aromatic heterocycles. The number of rotatable bonds is 7. The number of hydrogen-bond donors (Lipinski definition) is 4. The van der Waals surface area contributed by atoms with Crippen molar-refractivity contribution in [1.29, 1.82) is 5.26 Å². The number of nitriles is 1. The average molecular weight is 425 g/mol. The molecule has 3 aromatic rings. The van der Waals surface area contributed by atoms with Crippen molar-refractivity contribution < 1.29 is 5.11 Å². The molecule has 2 bridgehead atoms. The first-order chi connectivity index (χ1) is 14.7. The molecule has 0 aliphatic carbocycles. The Morgan fingerprint density at radius 1 is 1.30 bits per heavy atom. The molecule has 2 unspecified atom stereocenters. The van der Waals surface area contributed by atoms with E-state index < -0.39 is 0 Å². The second-order valence-electron chi connectivity index (χ2n) is 7.89. The number of anilines is 3. The number of aromatic nitrogens is 4. The summed E-state index contributed by atoms with van der Waals surface area (Å²) in [5.41, 5.74) is 0.767. The number of thiazole rings is 1. The van der Waals surface area contributed by atoms with Crippen LogP contribution in [-0.4, -0.2) is 54.6 Å². The topological polar surface area (TPSA) is 126 Å². The summed E-state index contributed by atoms with van der Waals surface area (Å²) in [5.74, 6) is 1.29. The molecule has 10 heteroatoms. The van der Waals surface area contributed by atoms with E-state index >= 15 is 0 Å². The lowest BCUT2D eigenvalue weighted by atomic mass is 9.97. The molecule has 2 fully saturated rings. The van der Waals surface area contributed by atoms with Gasteiger partial charge in [0.1, 0.15) is 11.5 Å². The highest BCUT2D eigenvalue weighted by atomic mass is 32.1. The van der Waals surface area contributed by atoms with Crippen molar-refractivity contribution in [2.45, 2.75) is 56.8 Å². The zero-order valence-electron chi connectivity index (χ0n) is 16.5. The Kier molecular flexibility index (Phi) is 5.25. The fraction of sp³-hybridized carbons (Fsp3) is 0.500. The molecule has 30 heavy (non-hydrogen) atoms. The first kappa shape index (κ1) is 19.2. The van der Waals surface area contributed by atoms with Gasteiger partial charge < -0.3 is 20.7 Å². The number of fused-ring (bicyclic) bond motifs is 3. The van der Waals surface area contributed by atoms with Gasteiger partial charge in [0.25, 0.3) is 0 Å². The molecule has 0 amide bonds. The Morgan fingerprint density at radius 2 is 2.13 bits per heavy atom. The molecule has 5 heterocycles. The van der Waals surface area contributed by atoms with Gasteiger partial charge in [-0.2, -0.15) is 15.2 Å². The van der Waals surface area contributed by atoms with Crippen molar-refractivity contribution in [1.82, 2.24) is 24.8 Å². The zero-order chi connectivity index (χ0) is 20.5. The number of hydrogen-bond acceptors (Lipinski definition) is 9. The maximum absolute atomic E-state index is 9.28. The van der Waals surface area contributed by atoms with Crippen molar-refractivity contribution >= 4 is 39.3 Å². The van der Waals surface area contributed by atoms with Gasteiger partial charge in [-0.25, -0.2) is 4.98 Å². The predicted octanol–water partition coefficient (Wildman–Crippen LogP) is 2.97. The lowest BCUT2D eigenvalue weighted by molar-refractivity contribution is 0.135. The summed E-state index contributed by atoms with van der Waals surface area (Å²) in [6.07, 6.45) is 8.61. The Labute approximate surface area is 178 Å². The normalized spacial score (nSPS) is 23.5. The highest BCUT2D eigenvalue weighted by Crippen LogP contribution is 2.37. The molecule has 2 aliphatic heterocycles. The van der Waals surface area contributed by atoms with Gasteiger partial charge in [-0.05, 0) is 31.7 Å². The number of nitrogens with zero attached hydrogens (tertiary/aromatic N) is 5. The fourth-order valence-electron chi connectivity index (χ4n) is 4.76. The number of aliphatic hydroxyl groups excluding tert-OH is 1. The van der Waals surface area contributed by atoms with E-state index in [9.17, 15) is 5.11 Å². The van der Waals surface area contributed by atoms with E-state index in [0.29, 0.717) is 41.4 Å². The predicted molar refractivity (Wildman–Crippen MR) is 116 cm³/mol. The lowest BCUT2D eigenvalue weighted by Crippen LogP contribution is -2.47. The van der Waals surface area contributed by atoms with Crippen LogP contribution in [0, 0.1) is 11.3 Å². The second kappa shape index (κ2) is 8.18. The Hall–Kier alpha value is -2.74. The van der Waals surface area contributed by atoms with Gasteiger partial charge >= 0.3 is 0 Å². The molecule has 0 aromatic carbocycles. The third-order valence-electron chi connectivity index (χ3n) is 6.05. The quantitative estimate of drug-likeness (QED) is 0.456. The van der Waals surface area contributed by atoms with Gasteiger partial charge in [-0.15, -0.1) is 0 Å². The SMILES string of the molecule is N#CCCN1C2CCC1CC(Nc1nc(Nc3ncc(CO)s3)c3cc[nH]c3n1)C2. The highest BCUT2D eigenvalue weighted by Gasteiger charge is 2.40. The minimum atomic E-state index is -0.0229. The first-order valence-corrected chi connectivity index (χ1v) is 11.1. The molecule has 2 atom stereocenters. The van der Waals surface area contributed by atoms with Crippen LogP contribution in [-0.2, 0) is 6.61 Å². The van der Waals surface area contributed by atoms with E-state index in [1.807, 2.05) is 12.3 Å². The minimum absolute atomic E-state index is 0.0229. The van der Waals surface area contributed by atoms with E-state index in [0.717, 1.165) is 35.3 Å². The Balaban J connectivity index is 1.33. The number of nitrogens with one attached hydrogen (secondary N) is 3. The average Bonchev–Trinajstić information content (AvgIpc) is 3.45. The molecule has 2 saturated heterocycles. The summed E-state index contributed by atoms with van der Waals surface area (Å²) < 4.78 is 0. The van der Waals surface area contributed by atoms with Crippen LogP contribution in [0.15, 0.2) is 18.5 Å². The van der Waals surface area contributed by atoms with E-state index in [4.69, 9.17) is 10.2 Å². The summed E-state index contributed by atoms with van der Waals surface area (Å²) >= 11 is 1.40. The summed E-state index contributed by atoms with van der Waals surface area (Å²) in [4.78, 5) is 20.2. The summed E-state index contributed by atoms with van der Waals surface area (Å²) in [6.45, 7) is 0.853. The number of aliphatic hydroxyl groups is 1. The molecule has 0 spiro atoms. The lowest BCUT2D eigenvalue weighted by Gasteiger charge is -2.38. The van der Waals surface area contributed by atoms with Gasteiger partial charge in [0.15, 0.2) is 5.13 Å². The third kappa shape index (κ3) is 3.71. The van der Waals surface area contributed by atoms with Crippen molar-refractivity contribution in [3.05, 3.63) is 23.3 Å². The molecular weight excluding hydrogens is 400 g/mol. The van der Waals surface area contributed by atoms with E-state index in [1.54, 1.807) is 6.20 Å². The van der Waals surface area contributed by atoms with Crippen LogP contribution in [0.25, 0.3) is 11.0 Å². The molecule has 9 nitrogen and oxygen atoms in total. The summed E-state index contributed by atoms with van der Waals surface area (Å²) in [5, 5.41) is 26.6. The molecule has 0 saturated carbocycles. The van der Waals surface area contributed by atoms with Gasteiger partial charge in [-0.3, -0.25) is 4.90 Å². The van der Waals surface area contributed by atoms with Crippen LogP contribution < -0.4 is 10.6 Å². The number of H-pyrrole nitrogens is 1. The monoisotopic (exact) mass is 424 g/mol. The van der Waals surface area contributed by atoms with Crippen LogP contribution in [0.5, 0.6) is 0 Å². The van der Waals surface area contributed by atoms with Crippen molar-refractivity contribution in [2.75, 3.05) is 17.2 Å². The largest absolute Gasteiger partial charge is 0.391 e. The van der Waals surface area contributed by atoms with Crippen LogP contribution in [0.4, 0.5) is 16.9 Å². The molecule has 0 radical (unpaired) electrons. The molecule has 156 valence electrons. The molecule has 4 N–H and O–H groups in total. The minimum Gasteiger partial charge on any atom is -0.391 e. The van der Waals surface area contributed by atoms with Crippen molar-refractivity contribution in [3.63, 3.8) is 0 Å². The molecule has 5 rings (SSSR count). The summed E-state index contributed by atoms with van der Waals surface area (Å²) in [6, 6.07) is 5.61. The van der Waals surface area contributed by atoms with Gasteiger partial charge in [0.2, 0.25) is 5.95 Å². The zero-order valence-corrected chi connectivity index (χ0v) is 17.3. The standard InChI is InChI=1S/C20H24N8OS/c21-5-1-7-28-13-2-3-14(28)9-12(8-13)24-19-25-17-16(4-6-22-17)18(26-19)27-20-23-10-15(11-29)30-20/h4,6,10,12-14,29H,1-3,7-9,11H2,(H3,22,23,24,25,26,27). The fourth-order valence-corrected chi connectivity index (χ4v) is 5.43. The first-order valence-electron chi connectivity index (χ1n) is 10.3. The molecular formula is C20H24N8OS. The second-order valence-corrected chi connectivity index (χ2v) is 9.01. The van der Waals surface area contributed by atoms with Crippen molar-refractivity contribution in [2.24, 2.45) is 0 Å². The van der Waals surface area contributed by atoms with E-state index in [2.05, 4.69) is 36.6 Å². The van der Waals surface area contributed by atoms with Gasteiger partial charge in [0.05, 0.1) is 22.9 Å².